The minimum Gasteiger partial charge on any atom is -0.361 e. The van der Waals surface area contributed by atoms with E-state index in [1.54, 1.807) is 13.1 Å². The summed E-state index contributed by atoms with van der Waals surface area (Å²) in [6.45, 7) is 9.79. The molecule has 0 radical (unpaired) electrons. The minimum absolute atomic E-state index is 0.106. The van der Waals surface area contributed by atoms with Crippen molar-refractivity contribution in [3.63, 3.8) is 0 Å². The molecule has 0 unspecified atom stereocenters. The first kappa shape index (κ1) is 18.8. The fraction of sp³-hybridized carbons (Fsp3) is 0.421. The zero-order valence-electron chi connectivity index (χ0n) is 16.2. The highest BCUT2D eigenvalue weighted by Gasteiger charge is 2.22. The van der Waals surface area contributed by atoms with E-state index in [-0.39, 0.29) is 11.8 Å². The quantitative estimate of drug-likeness (QED) is 0.711. The second-order valence-corrected chi connectivity index (χ2v) is 6.77. The van der Waals surface area contributed by atoms with E-state index < -0.39 is 0 Å². The lowest BCUT2D eigenvalue weighted by Gasteiger charge is -2.09. The third kappa shape index (κ3) is 4.05. The number of nitrogens with zero attached hydrogens (tertiary/aromatic N) is 4. The van der Waals surface area contributed by atoms with Gasteiger partial charge < -0.3 is 14.4 Å². The number of aryl methyl sites for hydroxylation is 3. The van der Waals surface area contributed by atoms with Gasteiger partial charge in [0.15, 0.2) is 5.76 Å². The van der Waals surface area contributed by atoms with Crippen LogP contribution < -0.4 is 5.32 Å². The van der Waals surface area contributed by atoms with Gasteiger partial charge in [0.2, 0.25) is 0 Å². The van der Waals surface area contributed by atoms with Crippen LogP contribution in [0.15, 0.2) is 21.3 Å². The Balaban J connectivity index is 1.74. The van der Waals surface area contributed by atoms with E-state index in [1.165, 1.54) is 0 Å². The van der Waals surface area contributed by atoms with Crippen molar-refractivity contribution < 1.29 is 13.8 Å². The lowest BCUT2D eigenvalue weighted by molar-refractivity contribution is 0.0951. The molecule has 27 heavy (non-hydrogen) atoms. The summed E-state index contributed by atoms with van der Waals surface area (Å²) in [6.07, 6.45) is 2.26. The van der Waals surface area contributed by atoms with Crippen LogP contribution in [0.3, 0.4) is 0 Å². The maximum Gasteiger partial charge on any atom is 0.256 e. The first-order valence-electron chi connectivity index (χ1n) is 8.87. The van der Waals surface area contributed by atoms with Crippen molar-refractivity contribution in [2.24, 2.45) is 0 Å². The Morgan fingerprint density at radius 1 is 1.19 bits per heavy atom. The van der Waals surface area contributed by atoms with Crippen LogP contribution in [0.1, 0.15) is 58.8 Å². The van der Waals surface area contributed by atoms with Crippen molar-refractivity contribution in [1.82, 2.24) is 25.6 Å². The van der Waals surface area contributed by atoms with Crippen LogP contribution >= 0.6 is 0 Å². The number of hydrogen-bond donors (Lipinski definition) is 1. The number of amides is 1. The zero-order chi connectivity index (χ0) is 19.6. The molecule has 0 saturated heterocycles. The van der Waals surface area contributed by atoms with E-state index in [2.05, 4.69) is 25.6 Å². The molecule has 3 heterocycles. The SMILES string of the molecule is Cc1cc(-c2cnc(C)nc2CCNC(=O)c2c(C(C)C)noc2C)on1. The highest BCUT2D eigenvalue weighted by Crippen LogP contribution is 2.23. The highest BCUT2D eigenvalue weighted by atomic mass is 16.5. The topological polar surface area (TPSA) is 107 Å². The third-order valence-corrected chi connectivity index (χ3v) is 4.19. The second kappa shape index (κ2) is 7.69. The lowest BCUT2D eigenvalue weighted by atomic mass is 10.0. The molecule has 0 saturated carbocycles. The molecule has 0 aliphatic heterocycles. The predicted molar refractivity (Wildman–Crippen MR) is 98.4 cm³/mol. The average Bonchev–Trinajstić information content (AvgIpc) is 3.21. The Kier molecular flexibility index (Phi) is 5.34. The van der Waals surface area contributed by atoms with E-state index in [0.29, 0.717) is 41.6 Å². The zero-order valence-corrected chi connectivity index (χ0v) is 16.2. The molecule has 0 aliphatic rings. The number of aromatic nitrogens is 4. The van der Waals surface area contributed by atoms with Gasteiger partial charge in [-0.15, -0.1) is 0 Å². The summed E-state index contributed by atoms with van der Waals surface area (Å²) in [4.78, 5) is 21.3. The van der Waals surface area contributed by atoms with Crippen molar-refractivity contribution >= 4 is 5.91 Å². The summed E-state index contributed by atoms with van der Waals surface area (Å²) in [5.41, 5.74) is 3.54. The summed E-state index contributed by atoms with van der Waals surface area (Å²) in [5.74, 6) is 1.71. The molecule has 142 valence electrons. The summed E-state index contributed by atoms with van der Waals surface area (Å²) in [5, 5.41) is 10.8. The highest BCUT2D eigenvalue weighted by molar-refractivity contribution is 5.96. The number of hydrogen-bond acceptors (Lipinski definition) is 7. The van der Waals surface area contributed by atoms with Gasteiger partial charge >= 0.3 is 0 Å². The molecule has 3 aromatic rings. The molecule has 1 amide bonds. The van der Waals surface area contributed by atoms with Gasteiger partial charge in [-0.2, -0.15) is 0 Å². The Bertz CT molecular complexity index is 958. The van der Waals surface area contributed by atoms with Gasteiger partial charge in [-0.05, 0) is 26.7 Å². The van der Waals surface area contributed by atoms with Gasteiger partial charge in [0, 0.05) is 25.2 Å². The maximum absolute atomic E-state index is 12.6. The Morgan fingerprint density at radius 2 is 1.96 bits per heavy atom. The molecule has 0 bridgehead atoms. The molecule has 0 spiro atoms. The largest absolute Gasteiger partial charge is 0.361 e. The van der Waals surface area contributed by atoms with Crippen LogP contribution in [0.4, 0.5) is 0 Å². The lowest BCUT2D eigenvalue weighted by Crippen LogP contribution is -2.27. The van der Waals surface area contributed by atoms with Crippen LogP contribution in [0.5, 0.6) is 0 Å². The van der Waals surface area contributed by atoms with E-state index in [9.17, 15) is 4.79 Å². The van der Waals surface area contributed by atoms with Crippen LogP contribution in [0.2, 0.25) is 0 Å². The number of nitrogens with one attached hydrogen (secondary N) is 1. The van der Waals surface area contributed by atoms with E-state index >= 15 is 0 Å². The second-order valence-electron chi connectivity index (χ2n) is 6.77. The van der Waals surface area contributed by atoms with Crippen LogP contribution in [-0.4, -0.2) is 32.7 Å². The van der Waals surface area contributed by atoms with Crippen molar-refractivity contribution in [3.8, 4) is 11.3 Å². The van der Waals surface area contributed by atoms with Gasteiger partial charge in [0.05, 0.1) is 22.6 Å². The smallest absolute Gasteiger partial charge is 0.256 e. The fourth-order valence-corrected chi connectivity index (χ4v) is 2.85. The Labute approximate surface area is 157 Å². The number of carbonyl (C=O) groups excluding carboxylic acids is 1. The first-order chi connectivity index (χ1) is 12.9. The molecule has 0 aromatic carbocycles. The minimum atomic E-state index is -0.194. The number of rotatable bonds is 6. The third-order valence-electron chi connectivity index (χ3n) is 4.19. The molecule has 3 rings (SSSR count). The van der Waals surface area contributed by atoms with E-state index in [1.807, 2.05) is 33.8 Å². The molecular formula is C19H23N5O3. The molecule has 3 aromatic heterocycles. The molecule has 8 nitrogen and oxygen atoms in total. The van der Waals surface area contributed by atoms with Gasteiger partial charge in [-0.3, -0.25) is 4.79 Å². The summed E-state index contributed by atoms with van der Waals surface area (Å²) in [6, 6.07) is 1.84. The van der Waals surface area contributed by atoms with Crippen molar-refractivity contribution in [2.45, 2.75) is 47.0 Å². The van der Waals surface area contributed by atoms with Crippen LogP contribution in [0.25, 0.3) is 11.3 Å². The van der Waals surface area contributed by atoms with Crippen LogP contribution in [0, 0.1) is 20.8 Å². The van der Waals surface area contributed by atoms with Crippen LogP contribution in [-0.2, 0) is 6.42 Å². The van der Waals surface area contributed by atoms with Gasteiger partial charge in [0.1, 0.15) is 17.1 Å². The molecule has 1 N–H and O–H groups in total. The standard InChI is InChI=1S/C19H23N5O3/c1-10(2)18-17(12(4)26-24-18)19(25)20-7-6-15-14(9-21-13(5)22-15)16-8-11(3)23-27-16/h8-10H,6-7H2,1-5H3,(H,20,25). The molecular weight excluding hydrogens is 346 g/mol. The Morgan fingerprint density at radius 3 is 2.63 bits per heavy atom. The van der Waals surface area contributed by atoms with Gasteiger partial charge in [-0.25, -0.2) is 9.97 Å². The fourth-order valence-electron chi connectivity index (χ4n) is 2.85. The molecule has 0 fully saturated rings. The molecule has 0 aliphatic carbocycles. The normalized spacial score (nSPS) is 11.2. The summed E-state index contributed by atoms with van der Waals surface area (Å²) in [7, 11) is 0. The van der Waals surface area contributed by atoms with Crippen molar-refractivity contribution in [2.75, 3.05) is 6.54 Å². The Hall–Kier alpha value is -3.03. The predicted octanol–water partition coefficient (Wildman–Crippen LogP) is 3.14. The summed E-state index contributed by atoms with van der Waals surface area (Å²) < 4.78 is 10.5. The van der Waals surface area contributed by atoms with Gasteiger partial charge in [-0.1, -0.05) is 24.2 Å². The number of carbonyl (C=O) groups is 1. The molecule has 8 heteroatoms. The van der Waals surface area contributed by atoms with Crippen molar-refractivity contribution in [1.29, 1.82) is 0 Å². The first-order valence-corrected chi connectivity index (χ1v) is 8.87. The van der Waals surface area contributed by atoms with E-state index in [4.69, 9.17) is 9.05 Å². The van der Waals surface area contributed by atoms with Gasteiger partial charge in [0.25, 0.3) is 5.91 Å². The molecule has 0 atom stereocenters. The summed E-state index contributed by atoms with van der Waals surface area (Å²) >= 11 is 0. The monoisotopic (exact) mass is 369 g/mol. The average molecular weight is 369 g/mol. The van der Waals surface area contributed by atoms with E-state index in [0.717, 1.165) is 17.0 Å². The van der Waals surface area contributed by atoms with Crippen molar-refractivity contribution in [3.05, 3.63) is 46.5 Å². The maximum atomic E-state index is 12.6.